The molecule has 0 atom stereocenters. The van der Waals surface area contributed by atoms with Gasteiger partial charge in [0, 0.05) is 12.0 Å². The molecule has 0 heterocycles. The molecule has 2 N–H and O–H groups in total. The lowest BCUT2D eigenvalue weighted by Gasteiger charge is -1.99. The summed E-state index contributed by atoms with van der Waals surface area (Å²) in [5.41, 5.74) is -0.336. The largest absolute Gasteiger partial charge is 0.478 e. The molecule has 0 aromatic carbocycles. The van der Waals surface area contributed by atoms with Gasteiger partial charge in [0.2, 0.25) is 0 Å². The Hall–Kier alpha value is -1.76. The van der Waals surface area contributed by atoms with Crippen LogP contribution in [0.1, 0.15) is 20.3 Å². The van der Waals surface area contributed by atoms with Crippen molar-refractivity contribution < 1.29 is 19.8 Å². The van der Waals surface area contributed by atoms with Gasteiger partial charge in [0.1, 0.15) is 0 Å². The average molecular weight is 182 g/mol. The van der Waals surface area contributed by atoms with Gasteiger partial charge in [-0.15, -0.1) is 5.92 Å². The van der Waals surface area contributed by atoms with Crippen molar-refractivity contribution >= 4 is 11.9 Å². The number of hydrogen-bond donors (Lipinski definition) is 2. The maximum Gasteiger partial charge on any atom is 0.333 e. The minimum Gasteiger partial charge on any atom is -0.478 e. The summed E-state index contributed by atoms with van der Waals surface area (Å²) in [4.78, 5) is 21.0. The van der Waals surface area contributed by atoms with Crippen LogP contribution in [0.2, 0.25) is 0 Å². The number of rotatable bonds is 3. The van der Waals surface area contributed by atoms with Gasteiger partial charge in [-0.3, -0.25) is 0 Å². The van der Waals surface area contributed by atoms with E-state index < -0.39 is 11.9 Å². The lowest BCUT2D eigenvalue weighted by Crippen LogP contribution is -2.08. The Labute approximate surface area is 75.9 Å². The fourth-order valence-corrected chi connectivity index (χ4v) is 0.674. The van der Waals surface area contributed by atoms with Crippen LogP contribution in [0.5, 0.6) is 0 Å². The quantitative estimate of drug-likeness (QED) is 0.502. The molecule has 4 heteroatoms. The first-order chi connectivity index (χ1) is 6.00. The van der Waals surface area contributed by atoms with Gasteiger partial charge in [-0.05, 0) is 13.8 Å². The van der Waals surface area contributed by atoms with Crippen LogP contribution in [0.25, 0.3) is 0 Å². The van der Waals surface area contributed by atoms with Crippen molar-refractivity contribution in [1.29, 1.82) is 0 Å². The molecular formula is C9H10O4. The summed E-state index contributed by atoms with van der Waals surface area (Å²) in [7, 11) is 0. The fourth-order valence-electron chi connectivity index (χ4n) is 0.674. The first kappa shape index (κ1) is 11.2. The summed E-state index contributed by atoms with van der Waals surface area (Å²) < 4.78 is 0. The van der Waals surface area contributed by atoms with Crippen LogP contribution >= 0.6 is 0 Å². The van der Waals surface area contributed by atoms with Crippen LogP contribution in [-0.4, -0.2) is 22.2 Å². The van der Waals surface area contributed by atoms with Crippen molar-refractivity contribution in [1.82, 2.24) is 0 Å². The van der Waals surface area contributed by atoms with E-state index in [1.54, 1.807) is 6.92 Å². The van der Waals surface area contributed by atoms with Gasteiger partial charge in [0.25, 0.3) is 0 Å². The van der Waals surface area contributed by atoms with E-state index in [1.165, 1.54) is 6.92 Å². The minimum absolute atomic E-state index is 0.0377. The summed E-state index contributed by atoms with van der Waals surface area (Å²) in [5, 5.41) is 17.2. The summed E-state index contributed by atoms with van der Waals surface area (Å²) in [6, 6.07) is 0. The molecule has 0 unspecified atom stereocenters. The molecule has 0 saturated carbocycles. The Kier molecular flexibility index (Phi) is 4.31. The van der Waals surface area contributed by atoms with Gasteiger partial charge in [0.05, 0.1) is 5.57 Å². The van der Waals surface area contributed by atoms with Crippen molar-refractivity contribution in [2.45, 2.75) is 20.3 Å². The molecule has 0 saturated heterocycles. The van der Waals surface area contributed by atoms with Crippen LogP contribution in [0.3, 0.4) is 0 Å². The average Bonchev–Trinajstić information content (AvgIpc) is 2.04. The van der Waals surface area contributed by atoms with Crippen molar-refractivity contribution in [2.75, 3.05) is 0 Å². The van der Waals surface area contributed by atoms with Crippen LogP contribution in [0.4, 0.5) is 0 Å². The van der Waals surface area contributed by atoms with Crippen LogP contribution in [0, 0.1) is 11.8 Å². The normalized spacial score (nSPS) is 10.9. The maximum atomic E-state index is 10.6. The number of carboxylic acid groups (broad SMARTS) is 2. The van der Waals surface area contributed by atoms with Crippen LogP contribution in [0.15, 0.2) is 11.1 Å². The first-order valence-corrected chi connectivity index (χ1v) is 3.56. The molecule has 70 valence electrons. The second-order valence-electron chi connectivity index (χ2n) is 2.32. The summed E-state index contributed by atoms with van der Waals surface area (Å²) >= 11 is 0. The van der Waals surface area contributed by atoms with E-state index in [9.17, 15) is 9.59 Å². The van der Waals surface area contributed by atoms with E-state index in [2.05, 4.69) is 11.8 Å². The third-order valence-corrected chi connectivity index (χ3v) is 1.47. The molecule has 0 amide bonds. The summed E-state index contributed by atoms with van der Waals surface area (Å²) in [5.74, 6) is 2.56. The number of carboxylic acids is 2. The Morgan fingerprint density at radius 3 is 2.08 bits per heavy atom. The van der Waals surface area contributed by atoms with E-state index in [0.29, 0.717) is 0 Å². The molecule has 13 heavy (non-hydrogen) atoms. The number of carbonyl (C=O) groups is 2. The lowest BCUT2D eigenvalue weighted by atomic mass is 10.1. The number of aliphatic carboxylic acids is 2. The van der Waals surface area contributed by atoms with E-state index >= 15 is 0 Å². The molecule has 0 rings (SSSR count). The maximum absolute atomic E-state index is 10.6. The standard InChI is InChI=1S/C9H10O4/c1-3-4-5-7(9(12)13)6(2)8(10)11/h5H2,1-2H3,(H,10,11)(H,12,13)/b7-6-. The van der Waals surface area contributed by atoms with Crippen molar-refractivity contribution in [3.05, 3.63) is 11.1 Å². The highest BCUT2D eigenvalue weighted by atomic mass is 16.4. The van der Waals surface area contributed by atoms with E-state index in [4.69, 9.17) is 10.2 Å². The van der Waals surface area contributed by atoms with E-state index in [-0.39, 0.29) is 17.6 Å². The van der Waals surface area contributed by atoms with Crippen molar-refractivity contribution in [3.63, 3.8) is 0 Å². The topological polar surface area (TPSA) is 74.6 Å². The SMILES string of the molecule is CC#CC/C(C(=O)O)=C(\C)C(=O)O. The van der Waals surface area contributed by atoms with E-state index in [1.807, 2.05) is 0 Å². The van der Waals surface area contributed by atoms with E-state index in [0.717, 1.165) is 0 Å². The van der Waals surface area contributed by atoms with Crippen molar-refractivity contribution in [3.8, 4) is 11.8 Å². The van der Waals surface area contributed by atoms with Gasteiger partial charge in [-0.25, -0.2) is 9.59 Å². The third kappa shape index (κ3) is 3.43. The monoisotopic (exact) mass is 182 g/mol. The lowest BCUT2D eigenvalue weighted by molar-refractivity contribution is -0.135. The highest BCUT2D eigenvalue weighted by molar-refractivity contribution is 5.98. The van der Waals surface area contributed by atoms with Gasteiger partial charge < -0.3 is 10.2 Å². The highest BCUT2D eigenvalue weighted by Crippen LogP contribution is 2.08. The Morgan fingerprint density at radius 1 is 1.23 bits per heavy atom. The second kappa shape index (κ2) is 4.99. The molecule has 4 nitrogen and oxygen atoms in total. The third-order valence-electron chi connectivity index (χ3n) is 1.47. The van der Waals surface area contributed by atoms with Crippen LogP contribution in [-0.2, 0) is 9.59 Å². The second-order valence-corrected chi connectivity index (χ2v) is 2.32. The van der Waals surface area contributed by atoms with Gasteiger partial charge in [0.15, 0.2) is 0 Å². The zero-order chi connectivity index (χ0) is 10.4. The Morgan fingerprint density at radius 2 is 1.77 bits per heavy atom. The predicted octanol–water partition coefficient (Wildman–Crippen LogP) is 0.885. The molecule has 0 fully saturated rings. The summed E-state index contributed by atoms with van der Waals surface area (Å²) in [6.07, 6.45) is -0.0377. The predicted molar refractivity (Wildman–Crippen MR) is 46.0 cm³/mol. The zero-order valence-corrected chi connectivity index (χ0v) is 7.42. The molecule has 0 aliphatic carbocycles. The Balaban J connectivity index is 4.96. The molecule has 0 aromatic heterocycles. The highest BCUT2D eigenvalue weighted by Gasteiger charge is 2.14. The Bertz CT molecular complexity index is 314. The fraction of sp³-hybridized carbons (Fsp3) is 0.333. The molecule has 0 aliphatic heterocycles. The zero-order valence-electron chi connectivity index (χ0n) is 7.42. The molecule has 0 aromatic rings. The van der Waals surface area contributed by atoms with Crippen LogP contribution < -0.4 is 0 Å². The first-order valence-electron chi connectivity index (χ1n) is 3.56. The minimum atomic E-state index is -1.23. The molecule has 0 bridgehead atoms. The summed E-state index contributed by atoms with van der Waals surface area (Å²) in [6.45, 7) is 2.82. The molecular weight excluding hydrogens is 172 g/mol. The van der Waals surface area contributed by atoms with Gasteiger partial charge in [-0.1, -0.05) is 5.92 Å². The smallest absolute Gasteiger partial charge is 0.333 e. The van der Waals surface area contributed by atoms with Crippen molar-refractivity contribution in [2.24, 2.45) is 0 Å². The number of hydrogen-bond acceptors (Lipinski definition) is 2. The van der Waals surface area contributed by atoms with Gasteiger partial charge >= 0.3 is 11.9 Å². The molecule has 0 aliphatic rings. The van der Waals surface area contributed by atoms with Gasteiger partial charge in [-0.2, -0.15) is 0 Å². The molecule has 0 radical (unpaired) electrons. The molecule has 0 spiro atoms.